The van der Waals surface area contributed by atoms with Crippen LogP contribution in [-0.2, 0) is 37.3 Å². The molecule has 1 unspecified atom stereocenters. The second kappa shape index (κ2) is 14.3. The summed E-state index contributed by atoms with van der Waals surface area (Å²) in [6.45, 7) is -1.19. The second-order valence-electron chi connectivity index (χ2n) is 6.02. The maximum Gasteiger partial charge on any atom is 1.00 e. The summed E-state index contributed by atoms with van der Waals surface area (Å²) in [6, 6.07) is 1.44. The first-order chi connectivity index (χ1) is 14.2. The molecule has 1 fully saturated rings. The van der Waals surface area contributed by atoms with Gasteiger partial charge in [0.2, 0.25) is 10.4 Å². The molecule has 1 aliphatic heterocycles. The maximum atomic E-state index is 11.4. The van der Waals surface area contributed by atoms with Gasteiger partial charge in [0.15, 0.2) is 6.23 Å². The van der Waals surface area contributed by atoms with E-state index in [1.165, 1.54) is 16.8 Å². The topological polar surface area (TPSA) is 274 Å². The molecule has 0 aromatic carbocycles. The minimum absolute atomic E-state index is 0. The number of nitrogens with zero attached hydrogens (tertiary/aromatic N) is 3. The summed E-state index contributed by atoms with van der Waals surface area (Å²) in [5, 5.41) is 10.8. The molecule has 0 aliphatic carbocycles. The molecule has 0 spiro atoms. The summed E-state index contributed by atoms with van der Waals surface area (Å²) in [6.07, 6.45) is -4.69. The van der Waals surface area contributed by atoms with Crippen LogP contribution in [-0.4, -0.2) is 57.5 Å². The fourth-order valence-corrected chi connectivity index (χ4v) is 4.81. The first-order valence-electron chi connectivity index (χ1n) is 7.90. The second-order valence-corrected chi connectivity index (χ2v) is 9.69. The molecule has 174 valence electrons. The molecule has 1 saturated heterocycles. The van der Waals surface area contributed by atoms with Gasteiger partial charge < -0.3 is 53.0 Å². The van der Waals surface area contributed by atoms with Crippen molar-refractivity contribution in [2.45, 2.75) is 24.5 Å². The largest absolute Gasteiger partial charge is 1.00 e. The number of hydrogen-bond acceptors (Lipinski definition) is 16. The molecule has 0 saturated carbocycles. The van der Waals surface area contributed by atoms with Gasteiger partial charge in [-0.1, -0.05) is 0 Å². The van der Waals surface area contributed by atoms with Crippen LogP contribution in [0, 0.1) is 0 Å². The number of aliphatic hydroxyl groups excluding tert-OH is 1. The predicted molar refractivity (Wildman–Crippen MR) is 88.7 cm³/mol. The molecule has 35 heavy (non-hydrogen) atoms. The molecular weight excluding hydrogens is 518 g/mol. The molecular formula is C11H12Li4N4O13P2S. The Labute approximate surface area is 246 Å². The number of nitrogen functional groups attached to an aromatic ring is 1. The molecule has 2 aromatic rings. The Morgan fingerprint density at radius 2 is 1.77 bits per heavy atom. The Morgan fingerprint density at radius 1 is 1.17 bits per heavy atom. The average molecular weight is 530 g/mol. The zero-order valence-electron chi connectivity index (χ0n) is 18.8. The monoisotopic (exact) mass is 530 g/mol. The number of fused-ring (bicyclic) bond motifs is 1. The van der Waals surface area contributed by atoms with Gasteiger partial charge in [0.25, 0.3) is 7.82 Å². The van der Waals surface area contributed by atoms with Crippen molar-refractivity contribution in [3.8, 4) is 0 Å². The molecule has 1 aliphatic rings. The van der Waals surface area contributed by atoms with Gasteiger partial charge in [0.1, 0.15) is 36.1 Å². The summed E-state index contributed by atoms with van der Waals surface area (Å²) >= 11 is 0. The predicted octanol–water partition coefficient (Wildman–Crippen LogP) is -15.5. The van der Waals surface area contributed by atoms with Gasteiger partial charge in [-0.25, -0.2) is 22.4 Å². The third-order valence-electron chi connectivity index (χ3n) is 3.95. The Bertz CT molecular complexity index is 1180. The van der Waals surface area contributed by atoms with Gasteiger partial charge in [-0.15, -0.1) is 0 Å². The molecule has 3 N–H and O–H groups in total. The zero-order valence-corrected chi connectivity index (χ0v) is 21.4. The zero-order chi connectivity index (χ0) is 23.2. The van der Waals surface area contributed by atoms with Crippen molar-refractivity contribution < 1.29 is 135 Å². The number of phosphoric ester groups is 2. The number of nitrogens with two attached hydrogens (primary N) is 1. The van der Waals surface area contributed by atoms with E-state index >= 15 is 0 Å². The van der Waals surface area contributed by atoms with Crippen molar-refractivity contribution in [1.82, 2.24) is 14.5 Å². The van der Waals surface area contributed by atoms with E-state index in [-0.39, 0.29) is 86.9 Å². The third-order valence-corrected chi connectivity index (χ3v) is 6.38. The number of phosphoric acid groups is 2. The number of aromatic nitrogens is 3. The number of aliphatic hydroxyl groups is 1. The summed E-state index contributed by atoms with van der Waals surface area (Å²) < 4.78 is 72.0. The van der Waals surface area contributed by atoms with Gasteiger partial charge in [-0.2, -0.15) is 0 Å². The minimum Gasteiger partial charge on any atom is -0.790 e. The molecule has 24 heteroatoms. The fourth-order valence-electron chi connectivity index (χ4n) is 2.86. The van der Waals surface area contributed by atoms with Crippen molar-refractivity contribution in [3.63, 3.8) is 0 Å². The van der Waals surface area contributed by atoms with E-state index < -0.39 is 57.2 Å². The van der Waals surface area contributed by atoms with E-state index in [4.69, 9.17) is 10.5 Å². The Balaban J connectivity index is 0. The van der Waals surface area contributed by atoms with Crippen LogP contribution < -0.4 is 95.9 Å². The molecule has 0 bridgehead atoms. The Kier molecular flexibility index (Phi) is 15.5. The summed E-state index contributed by atoms with van der Waals surface area (Å²) in [7, 11) is -17.1. The number of ether oxygens (including phenoxy) is 1. The molecule has 0 radical (unpaired) electrons. The summed E-state index contributed by atoms with van der Waals surface area (Å²) in [5.74, 6) is 0.0656. The third kappa shape index (κ3) is 10.2. The Hall–Kier alpha value is 0.860. The van der Waals surface area contributed by atoms with E-state index in [0.29, 0.717) is 5.39 Å². The van der Waals surface area contributed by atoms with E-state index in [2.05, 4.69) is 23.0 Å². The SMILES string of the molecule is Nc1ncnc2c1ccn2[C@H]1O[C@H](COP(=O)([O-])OS(=O)(=O)[O-])[C@@H](OP(=O)([O-])[O-])[C@H]1O.[Li+].[Li+].[Li+].[Li+]. The van der Waals surface area contributed by atoms with Crippen LogP contribution in [0.3, 0.4) is 0 Å². The van der Waals surface area contributed by atoms with Crippen LogP contribution in [0.15, 0.2) is 18.6 Å². The van der Waals surface area contributed by atoms with Crippen molar-refractivity contribution in [1.29, 1.82) is 0 Å². The fraction of sp³-hybridized carbons (Fsp3) is 0.455. The van der Waals surface area contributed by atoms with Crippen molar-refractivity contribution in [3.05, 3.63) is 18.6 Å². The standard InChI is InChI=1S/C11H16N4O13P2S.4Li/c12-9-5-1-2-15(10(5)14-4-13-9)11-7(16)8(27-29(17,18)19)6(26-11)3-25-30(20,21)28-31(22,23)24;;;;/h1-2,4,6-8,11,16H,3H2,(H,20,21)(H2,12,13,14)(H2,17,18,19)(H,22,23,24);;;;/q;4*+1/p-4/t6-,7-,8-,11+;;;;/m1..../s1. The number of hydrogen-bond donors (Lipinski definition) is 2. The summed E-state index contributed by atoms with van der Waals surface area (Å²) in [4.78, 5) is 41.2. The smallest absolute Gasteiger partial charge is 0.790 e. The van der Waals surface area contributed by atoms with E-state index in [1.54, 1.807) is 0 Å². The molecule has 0 amide bonds. The van der Waals surface area contributed by atoms with Gasteiger partial charge in [0.05, 0.1) is 19.8 Å². The molecule has 3 rings (SSSR count). The molecule has 3 heterocycles. The van der Waals surface area contributed by atoms with Crippen LogP contribution in [0.1, 0.15) is 6.23 Å². The van der Waals surface area contributed by atoms with Gasteiger partial charge in [0, 0.05) is 6.20 Å². The van der Waals surface area contributed by atoms with E-state index in [1.807, 2.05) is 0 Å². The van der Waals surface area contributed by atoms with Gasteiger partial charge in [-0.3, -0.25) is 4.57 Å². The first kappa shape index (κ1) is 38.0. The molecule has 17 nitrogen and oxygen atoms in total. The maximum absolute atomic E-state index is 11.4. The quantitative estimate of drug-likeness (QED) is 0.139. The first-order valence-corrected chi connectivity index (χ1v) is 12.2. The minimum atomic E-state index is -5.73. The normalized spacial score (nSPS) is 23.8. The van der Waals surface area contributed by atoms with Gasteiger partial charge in [-0.05, 0) is 6.07 Å². The van der Waals surface area contributed by atoms with Crippen LogP contribution >= 0.6 is 15.6 Å². The Morgan fingerprint density at radius 3 is 2.31 bits per heavy atom. The number of anilines is 1. The van der Waals surface area contributed by atoms with Crippen molar-refractivity contribution in [2.75, 3.05) is 12.3 Å². The van der Waals surface area contributed by atoms with Crippen molar-refractivity contribution in [2.24, 2.45) is 0 Å². The van der Waals surface area contributed by atoms with Crippen LogP contribution in [0.2, 0.25) is 0 Å². The summed E-state index contributed by atoms with van der Waals surface area (Å²) in [5.41, 5.74) is 5.83. The average Bonchev–Trinajstić information content (AvgIpc) is 3.13. The van der Waals surface area contributed by atoms with Crippen molar-refractivity contribution >= 4 is 42.9 Å². The van der Waals surface area contributed by atoms with Gasteiger partial charge >= 0.3 is 75.4 Å². The van der Waals surface area contributed by atoms with E-state index in [9.17, 15) is 41.9 Å². The van der Waals surface area contributed by atoms with E-state index in [0.717, 1.165) is 6.33 Å². The molecule has 5 atom stereocenters. The van der Waals surface area contributed by atoms with Crippen LogP contribution in [0.4, 0.5) is 5.82 Å². The molecule has 2 aromatic heterocycles. The van der Waals surface area contributed by atoms with Crippen LogP contribution in [0.25, 0.3) is 11.0 Å². The number of rotatable bonds is 8. The van der Waals surface area contributed by atoms with Crippen LogP contribution in [0.5, 0.6) is 0 Å².